The van der Waals surface area contributed by atoms with Crippen LogP contribution in [0, 0.1) is 0 Å². The second-order valence-corrected chi connectivity index (χ2v) is 4.15. The Kier molecular flexibility index (Phi) is 3.08. The molecule has 0 amide bonds. The molecule has 0 aliphatic heterocycles. The molecule has 3 nitrogen and oxygen atoms in total. The zero-order valence-corrected chi connectivity index (χ0v) is 10.2. The second kappa shape index (κ2) is 4.36. The van der Waals surface area contributed by atoms with Crippen LogP contribution in [0.3, 0.4) is 0 Å². The Hall–Kier alpha value is -1.19. The van der Waals surface area contributed by atoms with Crippen molar-refractivity contribution in [3.8, 4) is 5.75 Å². The number of rotatable bonds is 3. The van der Waals surface area contributed by atoms with Crippen molar-refractivity contribution in [3.05, 3.63) is 28.9 Å². The first-order chi connectivity index (χ1) is 7.69. The summed E-state index contributed by atoms with van der Waals surface area (Å²) in [6.07, 6.45) is 0.838. The van der Waals surface area contributed by atoms with Crippen LogP contribution in [0.1, 0.15) is 5.69 Å². The van der Waals surface area contributed by atoms with E-state index in [1.807, 2.05) is 19.2 Å². The summed E-state index contributed by atoms with van der Waals surface area (Å²) in [5.74, 6) is 0.838. The van der Waals surface area contributed by atoms with Gasteiger partial charge in [0.1, 0.15) is 5.75 Å². The van der Waals surface area contributed by atoms with Crippen molar-refractivity contribution >= 4 is 22.5 Å². The molecule has 2 rings (SSSR count). The van der Waals surface area contributed by atoms with Crippen LogP contribution in [0.15, 0.2) is 18.2 Å². The molecular weight excluding hydrogens is 224 g/mol. The van der Waals surface area contributed by atoms with Gasteiger partial charge in [0.05, 0.1) is 17.6 Å². The Balaban J connectivity index is 2.73. The molecule has 1 aromatic heterocycles. The molecule has 0 aliphatic rings. The van der Waals surface area contributed by atoms with Crippen LogP contribution < -0.4 is 10.5 Å². The molecule has 1 aromatic carbocycles. The standard InChI is InChI=1S/C12H15ClN2O/c1-15-8(5-6-14)7-9-10(13)3-4-11(16-2)12(9)15/h3-4,7H,5-6,14H2,1-2H3. The van der Waals surface area contributed by atoms with Crippen molar-refractivity contribution in [1.29, 1.82) is 0 Å². The third-order valence-electron chi connectivity index (χ3n) is 2.82. The molecule has 0 bridgehead atoms. The van der Waals surface area contributed by atoms with Crippen LogP contribution in [0.25, 0.3) is 10.9 Å². The summed E-state index contributed by atoms with van der Waals surface area (Å²) in [5, 5.41) is 1.77. The van der Waals surface area contributed by atoms with E-state index >= 15 is 0 Å². The van der Waals surface area contributed by atoms with Gasteiger partial charge in [0, 0.05) is 18.1 Å². The number of nitrogens with zero attached hydrogens (tertiary/aromatic N) is 1. The van der Waals surface area contributed by atoms with Gasteiger partial charge in [-0.15, -0.1) is 0 Å². The first-order valence-corrected chi connectivity index (χ1v) is 5.57. The second-order valence-electron chi connectivity index (χ2n) is 3.75. The summed E-state index contributed by atoms with van der Waals surface area (Å²) >= 11 is 6.17. The number of hydrogen-bond acceptors (Lipinski definition) is 2. The van der Waals surface area contributed by atoms with E-state index < -0.39 is 0 Å². The lowest BCUT2D eigenvalue weighted by Crippen LogP contribution is -2.06. The molecule has 0 spiro atoms. The van der Waals surface area contributed by atoms with Gasteiger partial charge in [0.15, 0.2) is 0 Å². The lowest BCUT2D eigenvalue weighted by Gasteiger charge is -2.07. The number of methoxy groups -OCH3 is 1. The predicted octanol–water partition coefficient (Wildman–Crippen LogP) is 2.34. The summed E-state index contributed by atoms with van der Waals surface area (Å²) in [4.78, 5) is 0. The fourth-order valence-electron chi connectivity index (χ4n) is 2.01. The molecule has 86 valence electrons. The Labute approximate surface area is 99.7 Å². The summed E-state index contributed by atoms with van der Waals surface area (Å²) in [6, 6.07) is 5.82. The van der Waals surface area contributed by atoms with Crippen LogP contribution in [0.4, 0.5) is 0 Å². The van der Waals surface area contributed by atoms with Crippen LogP contribution in [-0.2, 0) is 13.5 Å². The smallest absolute Gasteiger partial charge is 0.143 e. The van der Waals surface area contributed by atoms with Gasteiger partial charge < -0.3 is 15.0 Å². The van der Waals surface area contributed by atoms with Gasteiger partial charge in [-0.2, -0.15) is 0 Å². The van der Waals surface area contributed by atoms with Crippen molar-refractivity contribution in [1.82, 2.24) is 4.57 Å². The molecular formula is C12H15ClN2O. The maximum atomic E-state index is 6.17. The fraction of sp³-hybridized carbons (Fsp3) is 0.333. The summed E-state index contributed by atoms with van der Waals surface area (Å²) in [5.41, 5.74) is 7.78. The highest BCUT2D eigenvalue weighted by atomic mass is 35.5. The molecule has 0 radical (unpaired) electrons. The molecule has 0 saturated carbocycles. The average molecular weight is 239 g/mol. The van der Waals surface area contributed by atoms with Crippen LogP contribution in [0.2, 0.25) is 5.02 Å². The first kappa shape index (κ1) is 11.3. The third kappa shape index (κ3) is 1.66. The number of aryl methyl sites for hydroxylation is 1. The van der Waals surface area contributed by atoms with Crippen molar-refractivity contribution in [2.75, 3.05) is 13.7 Å². The van der Waals surface area contributed by atoms with E-state index in [4.69, 9.17) is 22.1 Å². The Morgan fingerprint density at radius 3 is 2.81 bits per heavy atom. The SMILES string of the molecule is COc1ccc(Cl)c2cc(CCN)n(C)c12. The highest BCUT2D eigenvalue weighted by Crippen LogP contribution is 2.33. The third-order valence-corrected chi connectivity index (χ3v) is 3.15. The first-order valence-electron chi connectivity index (χ1n) is 5.20. The number of ether oxygens (including phenoxy) is 1. The fourth-order valence-corrected chi connectivity index (χ4v) is 2.21. The van der Waals surface area contributed by atoms with Gasteiger partial charge >= 0.3 is 0 Å². The zero-order chi connectivity index (χ0) is 11.7. The van der Waals surface area contributed by atoms with Crippen molar-refractivity contribution in [2.24, 2.45) is 12.8 Å². The summed E-state index contributed by atoms with van der Waals surface area (Å²) < 4.78 is 7.43. The Bertz CT molecular complexity index is 519. The van der Waals surface area contributed by atoms with Gasteiger partial charge in [-0.1, -0.05) is 11.6 Å². The van der Waals surface area contributed by atoms with E-state index in [0.717, 1.165) is 28.1 Å². The lowest BCUT2D eigenvalue weighted by molar-refractivity contribution is 0.417. The molecule has 0 saturated heterocycles. The molecule has 0 aliphatic carbocycles. The molecule has 16 heavy (non-hydrogen) atoms. The van der Waals surface area contributed by atoms with Gasteiger partial charge in [0.25, 0.3) is 0 Å². The van der Waals surface area contributed by atoms with E-state index in [2.05, 4.69) is 10.6 Å². The van der Waals surface area contributed by atoms with Crippen LogP contribution >= 0.6 is 11.6 Å². The normalized spacial score (nSPS) is 11.0. The van der Waals surface area contributed by atoms with Crippen molar-refractivity contribution in [3.63, 3.8) is 0 Å². The highest BCUT2D eigenvalue weighted by Gasteiger charge is 2.12. The predicted molar refractivity (Wildman–Crippen MR) is 67.2 cm³/mol. The summed E-state index contributed by atoms with van der Waals surface area (Å²) in [7, 11) is 3.67. The number of halogens is 1. The van der Waals surface area contributed by atoms with E-state index in [1.165, 1.54) is 5.69 Å². The van der Waals surface area contributed by atoms with Crippen molar-refractivity contribution < 1.29 is 4.74 Å². The number of nitrogens with two attached hydrogens (primary N) is 1. The highest BCUT2D eigenvalue weighted by molar-refractivity contribution is 6.35. The maximum absolute atomic E-state index is 6.17. The topological polar surface area (TPSA) is 40.2 Å². The molecule has 0 fully saturated rings. The zero-order valence-electron chi connectivity index (χ0n) is 9.46. The minimum atomic E-state index is 0.629. The largest absolute Gasteiger partial charge is 0.495 e. The molecule has 2 N–H and O–H groups in total. The van der Waals surface area contributed by atoms with E-state index in [1.54, 1.807) is 7.11 Å². The van der Waals surface area contributed by atoms with E-state index in [0.29, 0.717) is 6.54 Å². The van der Waals surface area contributed by atoms with Crippen LogP contribution in [-0.4, -0.2) is 18.2 Å². The minimum absolute atomic E-state index is 0.629. The number of hydrogen-bond donors (Lipinski definition) is 1. The molecule has 0 unspecified atom stereocenters. The van der Waals surface area contributed by atoms with Gasteiger partial charge in [0.2, 0.25) is 0 Å². The molecule has 0 atom stereocenters. The van der Waals surface area contributed by atoms with Gasteiger partial charge in [-0.25, -0.2) is 0 Å². The molecule has 2 aromatic rings. The lowest BCUT2D eigenvalue weighted by atomic mass is 10.2. The van der Waals surface area contributed by atoms with Crippen LogP contribution in [0.5, 0.6) is 5.75 Å². The number of fused-ring (bicyclic) bond motifs is 1. The molecule has 1 heterocycles. The van der Waals surface area contributed by atoms with Gasteiger partial charge in [-0.05, 0) is 31.2 Å². The number of aromatic nitrogens is 1. The maximum Gasteiger partial charge on any atom is 0.143 e. The Morgan fingerprint density at radius 2 is 2.19 bits per heavy atom. The van der Waals surface area contributed by atoms with Crippen molar-refractivity contribution in [2.45, 2.75) is 6.42 Å². The number of benzene rings is 1. The van der Waals surface area contributed by atoms with E-state index in [-0.39, 0.29) is 0 Å². The average Bonchev–Trinajstić information content (AvgIpc) is 2.60. The molecule has 4 heteroatoms. The minimum Gasteiger partial charge on any atom is -0.495 e. The monoisotopic (exact) mass is 238 g/mol. The van der Waals surface area contributed by atoms with Gasteiger partial charge in [-0.3, -0.25) is 0 Å². The quantitative estimate of drug-likeness (QED) is 0.892. The summed E-state index contributed by atoms with van der Waals surface area (Å²) in [6.45, 7) is 0.629. The Morgan fingerprint density at radius 1 is 1.44 bits per heavy atom. The van der Waals surface area contributed by atoms with E-state index in [9.17, 15) is 0 Å².